The molecule has 0 aliphatic carbocycles. The SMILES string of the molecule is CC(C)(C)S(=O)(=O)NCCCCC(=O)Nc1ccc(CCC(=O)O)cc1. The molecule has 1 aromatic carbocycles. The molecule has 0 aliphatic heterocycles. The molecule has 26 heavy (non-hydrogen) atoms. The molecule has 0 unspecified atom stereocenters. The average molecular weight is 384 g/mol. The van der Waals surface area contributed by atoms with Crippen molar-refractivity contribution in [2.24, 2.45) is 0 Å². The number of amides is 1. The van der Waals surface area contributed by atoms with E-state index in [0.717, 1.165) is 5.56 Å². The van der Waals surface area contributed by atoms with Gasteiger partial charge in [0.15, 0.2) is 0 Å². The molecule has 1 rings (SSSR count). The summed E-state index contributed by atoms with van der Waals surface area (Å²) in [5, 5.41) is 11.4. The minimum absolute atomic E-state index is 0.0741. The maximum Gasteiger partial charge on any atom is 0.303 e. The third-order valence-electron chi connectivity index (χ3n) is 3.79. The fourth-order valence-corrected chi connectivity index (χ4v) is 2.91. The molecule has 0 aromatic heterocycles. The Morgan fingerprint density at radius 1 is 1.04 bits per heavy atom. The van der Waals surface area contributed by atoms with Crippen molar-refractivity contribution < 1.29 is 23.1 Å². The largest absolute Gasteiger partial charge is 0.481 e. The molecule has 3 N–H and O–H groups in total. The highest BCUT2D eigenvalue weighted by atomic mass is 32.2. The van der Waals surface area contributed by atoms with Crippen LogP contribution in [0.25, 0.3) is 0 Å². The average Bonchev–Trinajstić information content (AvgIpc) is 2.52. The normalized spacial score (nSPS) is 12.0. The second kappa shape index (κ2) is 9.68. The third-order valence-corrected chi connectivity index (χ3v) is 5.99. The van der Waals surface area contributed by atoms with Crippen molar-refractivity contribution in [1.82, 2.24) is 4.72 Å². The van der Waals surface area contributed by atoms with E-state index in [1.165, 1.54) is 0 Å². The van der Waals surface area contributed by atoms with Crippen molar-refractivity contribution in [2.75, 3.05) is 11.9 Å². The van der Waals surface area contributed by atoms with Gasteiger partial charge in [0.1, 0.15) is 0 Å². The fraction of sp³-hybridized carbons (Fsp3) is 0.556. The van der Waals surface area contributed by atoms with Gasteiger partial charge in [-0.1, -0.05) is 12.1 Å². The van der Waals surface area contributed by atoms with Crippen LogP contribution in [-0.2, 0) is 26.0 Å². The topological polar surface area (TPSA) is 113 Å². The van der Waals surface area contributed by atoms with Crippen molar-refractivity contribution in [3.63, 3.8) is 0 Å². The number of carbonyl (C=O) groups is 2. The summed E-state index contributed by atoms with van der Waals surface area (Å²) < 4.78 is 25.5. The van der Waals surface area contributed by atoms with Gasteiger partial charge in [-0.15, -0.1) is 0 Å². The Morgan fingerprint density at radius 3 is 2.19 bits per heavy atom. The van der Waals surface area contributed by atoms with Crippen LogP contribution in [0.2, 0.25) is 0 Å². The fourth-order valence-electron chi connectivity index (χ4n) is 2.06. The second-order valence-corrected chi connectivity index (χ2v) is 9.63. The van der Waals surface area contributed by atoms with Crippen molar-refractivity contribution in [1.29, 1.82) is 0 Å². The Labute approximate surface area is 155 Å². The summed E-state index contributed by atoms with van der Waals surface area (Å²) in [7, 11) is -3.35. The zero-order valence-electron chi connectivity index (χ0n) is 15.5. The predicted octanol–water partition coefficient (Wildman–Crippen LogP) is 2.53. The van der Waals surface area contributed by atoms with E-state index in [2.05, 4.69) is 10.0 Å². The van der Waals surface area contributed by atoms with Crippen LogP contribution in [0.5, 0.6) is 0 Å². The Morgan fingerprint density at radius 2 is 1.65 bits per heavy atom. The lowest BCUT2D eigenvalue weighted by Crippen LogP contribution is -2.39. The number of aryl methyl sites for hydroxylation is 1. The number of carbonyl (C=O) groups excluding carboxylic acids is 1. The predicted molar refractivity (Wildman–Crippen MR) is 102 cm³/mol. The summed E-state index contributed by atoms with van der Waals surface area (Å²) in [6.07, 6.45) is 1.99. The van der Waals surface area contributed by atoms with Gasteiger partial charge in [-0.2, -0.15) is 0 Å². The van der Waals surface area contributed by atoms with Crippen LogP contribution in [0.15, 0.2) is 24.3 Å². The summed E-state index contributed by atoms with van der Waals surface area (Å²) in [6, 6.07) is 7.07. The van der Waals surface area contributed by atoms with Crippen molar-refractivity contribution in [3.8, 4) is 0 Å². The zero-order valence-corrected chi connectivity index (χ0v) is 16.4. The zero-order chi connectivity index (χ0) is 19.8. The molecule has 0 saturated heterocycles. The van der Waals surface area contributed by atoms with Gasteiger partial charge in [0, 0.05) is 25.1 Å². The molecular formula is C18H28N2O5S. The first-order valence-corrected chi connectivity index (χ1v) is 10.1. The van der Waals surface area contributed by atoms with Crippen LogP contribution >= 0.6 is 0 Å². The van der Waals surface area contributed by atoms with Crippen molar-refractivity contribution in [2.45, 2.75) is 57.6 Å². The van der Waals surface area contributed by atoms with Crippen LogP contribution in [0.1, 0.15) is 52.0 Å². The van der Waals surface area contributed by atoms with Crippen LogP contribution in [-0.4, -0.2) is 36.7 Å². The van der Waals surface area contributed by atoms with E-state index in [9.17, 15) is 18.0 Å². The highest BCUT2D eigenvalue weighted by Crippen LogP contribution is 2.14. The maximum absolute atomic E-state index is 11.9. The van der Waals surface area contributed by atoms with E-state index < -0.39 is 20.7 Å². The quantitative estimate of drug-likeness (QED) is 0.537. The van der Waals surface area contributed by atoms with Gasteiger partial charge in [-0.25, -0.2) is 13.1 Å². The van der Waals surface area contributed by atoms with Gasteiger partial charge in [0.2, 0.25) is 15.9 Å². The van der Waals surface area contributed by atoms with E-state index >= 15 is 0 Å². The van der Waals surface area contributed by atoms with Gasteiger partial charge < -0.3 is 10.4 Å². The molecular weight excluding hydrogens is 356 g/mol. The standard InChI is InChI=1S/C18H28N2O5S/c1-18(2,3)26(24,25)19-13-5-4-6-16(21)20-15-10-7-14(8-11-15)9-12-17(22)23/h7-8,10-11,19H,4-6,9,12-13H2,1-3H3,(H,20,21)(H,22,23). The van der Waals surface area contributed by atoms with Gasteiger partial charge >= 0.3 is 5.97 Å². The molecule has 7 nitrogen and oxygen atoms in total. The van der Waals surface area contributed by atoms with Crippen LogP contribution in [0.3, 0.4) is 0 Å². The minimum atomic E-state index is -3.35. The number of rotatable bonds is 10. The Hall–Kier alpha value is -1.93. The van der Waals surface area contributed by atoms with Gasteiger partial charge in [-0.3, -0.25) is 9.59 Å². The molecule has 1 aromatic rings. The van der Waals surface area contributed by atoms with E-state index in [1.807, 2.05) is 0 Å². The number of aliphatic carboxylic acids is 1. The number of benzene rings is 1. The molecule has 0 heterocycles. The van der Waals surface area contributed by atoms with Crippen LogP contribution in [0, 0.1) is 0 Å². The van der Waals surface area contributed by atoms with Crippen LogP contribution in [0.4, 0.5) is 5.69 Å². The summed E-state index contributed by atoms with van der Waals surface area (Å²) in [5.74, 6) is -0.978. The van der Waals surface area contributed by atoms with E-state index in [0.29, 0.717) is 37.9 Å². The number of carboxylic acid groups (broad SMARTS) is 1. The Bertz CT molecular complexity index is 706. The van der Waals surface area contributed by atoms with E-state index in [4.69, 9.17) is 5.11 Å². The second-order valence-electron chi connectivity index (χ2n) is 7.11. The molecule has 146 valence electrons. The monoisotopic (exact) mass is 384 g/mol. The first-order chi connectivity index (χ1) is 12.0. The van der Waals surface area contributed by atoms with Gasteiger partial charge in [0.25, 0.3) is 0 Å². The van der Waals surface area contributed by atoms with Crippen molar-refractivity contribution in [3.05, 3.63) is 29.8 Å². The number of carboxylic acids is 1. The molecule has 0 spiro atoms. The lowest BCUT2D eigenvalue weighted by atomic mass is 10.1. The first kappa shape index (κ1) is 22.1. The Kier molecular flexibility index (Phi) is 8.23. The summed E-state index contributed by atoms with van der Waals surface area (Å²) in [6.45, 7) is 5.21. The van der Waals surface area contributed by atoms with Gasteiger partial charge in [-0.05, 0) is 57.7 Å². The number of anilines is 1. The summed E-state index contributed by atoms with van der Waals surface area (Å²) in [4.78, 5) is 22.4. The summed E-state index contributed by atoms with van der Waals surface area (Å²) >= 11 is 0. The number of unbranched alkanes of at least 4 members (excludes halogenated alkanes) is 1. The number of nitrogens with one attached hydrogen (secondary N) is 2. The van der Waals surface area contributed by atoms with Gasteiger partial charge in [0.05, 0.1) is 4.75 Å². The molecule has 0 atom stereocenters. The highest BCUT2D eigenvalue weighted by molar-refractivity contribution is 7.90. The first-order valence-electron chi connectivity index (χ1n) is 8.61. The molecule has 0 radical (unpaired) electrons. The lowest BCUT2D eigenvalue weighted by molar-refractivity contribution is -0.137. The summed E-state index contributed by atoms with van der Waals surface area (Å²) in [5.41, 5.74) is 1.55. The molecule has 0 fully saturated rings. The number of sulfonamides is 1. The number of hydrogen-bond acceptors (Lipinski definition) is 4. The van der Waals surface area contributed by atoms with Crippen molar-refractivity contribution >= 4 is 27.6 Å². The minimum Gasteiger partial charge on any atom is -0.481 e. The smallest absolute Gasteiger partial charge is 0.303 e. The number of hydrogen-bond donors (Lipinski definition) is 3. The molecule has 1 amide bonds. The molecule has 0 bridgehead atoms. The molecule has 8 heteroatoms. The van der Waals surface area contributed by atoms with E-state index in [1.54, 1.807) is 45.0 Å². The third kappa shape index (κ3) is 7.97. The molecule has 0 aliphatic rings. The highest BCUT2D eigenvalue weighted by Gasteiger charge is 2.27. The molecule has 0 saturated carbocycles. The Balaban J connectivity index is 2.29. The van der Waals surface area contributed by atoms with E-state index in [-0.39, 0.29) is 12.3 Å². The maximum atomic E-state index is 11.9. The lowest BCUT2D eigenvalue weighted by Gasteiger charge is -2.19. The van der Waals surface area contributed by atoms with Crippen LogP contribution < -0.4 is 10.0 Å².